The van der Waals surface area contributed by atoms with Crippen LogP contribution in [0, 0.1) is 0 Å². The summed E-state index contributed by atoms with van der Waals surface area (Å²) in [6.07, 6.45) is 0. The molecule has 1 aliphatic rings. The molecule has 1 saturated heterocycles. The van der Waals surface area contributed by atoms with Crippen molar-refractivity contribution in [3.8, 4) is 0 Å². The highest BCUT2D eigenvalue weighted by atomic mass is 35.5. The van der Waals surface area contributed by atoms with Crippen LogP contribution in [0.1, 0.15) is 17.3 Å². The molecule has 1 heterocycles. The molecule has 0 unspecified atom stereocenters. The van der Waals surface area contributed by atoms with Gasteiger partial charge in [0.2, 0.25) is 0 Å². The van der Waals surface area contributed by atoms with Crippen LogP contribution in [-0.2, 0) is 4.79 Å². The Morgan fingerprint density at radius 3 is 2.73 bits per heavy atom. The van der Waals surface area contributed by atoms with Gasteiger partial charge in [0, 0.05) is 25.3 Å². The molecule has 22 heavy (non-hydrogen) atoms. The smallest absolute Gasteiger partial charge is 0.323 e. The minimum Gasteiger partial charge on any atom is -0.480 e. The number of amides is 3. The summed E-state index contributed by atoms with van der Waals surface area (Å²) in [5.41, 5.74) is 0.732. The Morgan fingerprint density at radius 2 is 2.18 bits per heavy atom. The fourth-order valence-corrected chi connectivity index (χ4v) is 2.42. The zero-order chi connectivity index (χ0) is 16.3. The molecule has 1 aromatic rings. The molecule has 118 valence electrons. The van der Waals surface area contributed by atoms with Crippen molar-refractivity contribution in [3.63, 3.8) is 0 Å². The van der Waals surface area contributed by atoms with Crippen LogP contribution in [0.3, 0.4) is 0 Å². The molecule has 1 aromatic carbocycles. The van der Waals surface area contributed by atoms with Crippen LogP contribution < -0.4 is 10.2 Å². The second-order valence-corrected chi connectivity index (χ2v) is 5.17. The average Bonchev–Trinajstić information content (AvgIpc) is 2.90. The van der Waals surface area contributed by atoms with Gasteiger partial charge in [-0.25, -0.2) is 4.79 Å². The molecule has 0 saturated carbocycles. The molecule has 0 atom stereocenters. The third-order valence-electron chi connectivity index (χ3n) is 3.34. The van der Waals surface area contributed by atoms with Crippen molar-refractivity contribution < 1.29 is 19.5 Å². The van der Waals surface area contributed by atoms with Crippen LogP contribution in [0.25, 0.3) is 0 Å². The van der Waals surface area contributed by atoms with E-state index in [2.05, 4.69) is 5.32 Å². The minimum atomic E-state index is -1.10. The Morgan fingerprint density at radius 1 is 1.45 bits per heavy atom. The number of nitrogens with zero attached hydrogens (tertiary/aromatic N) is 2. The minimum absolute atomic E-state index is 0.182. The molecule has 2 N–H and O–H groups in total. The highest BCUT2D eigenvalue weighted by molar-refractivity contribution is 6.34. The number of halogens is 1. The van der Waals surface area contributed by atoms with Crippen molar-refractivity contribution in [1.82, 2.24) is 10.2 Å². The molecule has 0 radical (unpaired) electrons. The third kappa shape index (κ3) is 3.30. The zero-order valence-corrected chi connectivity index (χ0v) is 12.8. The van der Waals surface area contributed by atoms with E-state index in [-0.39, 0.29) is 23.2 Å². The van der Waals surface area contributed by atoms with Crippen LogP contribution in [0.2, 0.25) is 5.02 Å². The molecule has 2 rings (SSSR count). The number of carboxylic acid groups (broad SMARTS) is 1. The van der Waals surface area contributed by atoms with Crippen LogP contribution in [-0.4, -0.2) is 54.1 Å². The lowest BCUT2D eigenvalue weighted by Gasteiger charge is -2.21. The number of benzene rings is 1. The number of urea groups is 1. The molecule has 0 aromatic heterocycles. The normalized spacial score (nSPS) is 13.9. The molecule has 8 heteroatoms. The number of carbonyl (C=O) groups is 3. The maximum Gasteiger partial charge on any atom is 0.323 e. The first-order chi connectivity index (χ1) is 10.4. The highest BCUT2D eigenvalue weighted by Gasteiger charge is 2.24. The first kappa shape index (κ1) is 16.1. The number of carboxylic acids is 1. The summed E-state index contributed by atoms with van der Waals surface area (Å²) in [5.74, 6) is -1.57. The Hall–Kier alpha value is -2.28. The molecule has 1 aliphatic heterocycles. The Bertz CT molecular complexity index is 620. The van der Waals surface area contributed by atoms with Gasteiger partial charge in [-0.05, 0) is 25.1 Å². The maximum atomic E-state index is 12.4. The van der Waals surface area contributed by atoms with Gasteiger partial charge in [0.05, 0.1) is 10.6 Å². The molecule has 0 spiro atoms. The number of carbonyl (C=O) groups excluding carboxylic acids is 2. The summed E-state index contributed by atoms with van der Waals surface area (Å²) < 4.78 is 0. The summed E-state index contributed by atoms with van der Waals surface area (Å²) in [6.45, 7) is 2.56. The first-order valence-electron chi connectivity index (χ1n) is 6.80. The number of rotatable bonds is 5. The largest absolute Gasteiger partial charge is 0.480 e. The van der Waals surface area contributed by atoms with Crippen LogP contribution >= 0.6 is 11.6 Å². The van der Waals surface area contributed by atoms with Gasteiger partial charge in [-0.15, -0.1) is 0 Å². The predicted octanol–water partition coefficient (Wildman–Crippen LogP) is 1.42. The molecular weight excluding hydrogens is 310 g/mol. The third-order valence-corrected chi connectivity index (χ3v) is 3.67. The van der Waals surface area contributed by atoms with Crippen molar-refractivity contribution in [3.05, 3.63) is 28.8 Å². The lowest BCUT2D eigenvalue weighted by atomic mass is 10.1. The number of likely N-dealkylation sites (N-methyl/N-ethyl adjacent to an activating group) is 1. The van der Waals surface area contributed by atoms with E-state index in [0.29, 0.717) is 18.8 Å². The fourth-order valence-electron chi connectivity index (χ4n) is 2.22. The standard InChI is InChI=1S/C14H16ClN3O4/c1-2-17(8-12(19)20)13(21)10-7-9(3-4-11(10)15)18-6-5-16-14(18)22/h3-4,7H,2,5-6,8H2,1H3,(H,16,22)(H,19,20). The van der Waals surface area contributed by atoms with Crippen molar-refractivity contribution in [2.24, 2.45) is 0 Å². The van der Waals surface area contributed by atoms with E-state index >= 15 is 0 Å². The number of hydrogen-bond donors (Lipinski definition) is 2. The van der Waals surface area contributed by atoms with Gasteiger partial charge in [0.15, 0.2) is 0 Å². The monoisotopic (exact) mass is 325 g/mol. The van der Waals surface area contributed by atoms with Crippen molar-refractivity contribution in [1.29, 1.82) is 0 Å². The van der Waals surface area contributed by atoms with E-state index in [1.807, 2.05) is 0 Å². The predicted molar refractivity (Wildman–Crippen MR) is 81.4 cm³/mol. The van der Waals surface area contributed by atoms with E-state index in [1.54, 1.807) is 13.0 Å². The zero-order valence-electron chi connectivity index (χ0n) is 12.0. The van der Waals surface area contributed by atoms with Crippen LogP contribution in [0.5, 0.6) is 0 Å². The van der Waals surface area contributed by atoms with E-state index < -0.39 is 18.4 Å². The van der Waals surface area contributed by atoms with Crippen molar-refractivity contribution in [2.45, 2.75) is 6.92 Å². The van der Waals surface area contributed by atoms with E-state index in [0.717, 1.165) is 0 Å². The van der Waals surface area contributed by atoms with Crippen molar-refractivity contribution >= 4 is 35.2 Å². The topological polar surface area (TPSA) is 90.0 Å². The maximum absolute atomic E-state index is 12.4. The van der Waals surface area contributed by atoms with E-state index in [9.17, 15) is 14.4 Å². The fraction of sp³-hybridized carbons (Fsp3) is 0.357. The quantitative estimate of drug-likeness (QED) is 0.856. The summed E-state index contributed by atoms with van der Waals surface area (Å²) in [4.78, 5) is 37.6. The van der Waals surface area contributed by atoms with Gasteiger partial charge in [-0.1, -0.05) is 11.6 Å². The molecule has 1 fully saturated rings. The lowest BCUT2D eigenvalue weighted by molar-refractivity contribution is -0.137. The van der Waals surface area contributed by atoms with Crippen LogP contribution in [0.15, 0.2) is 18.2 Å². The first-order valence-corrected chi connectivity index (χ1v) is 7.17. The van der Waals surface area contributed by atoms with E-state index in [4.69, 9.17) is 16.7 Å². The Balaban J connectivity index is 2.31. The second kappa shape index (κ2) is 6.65. The Kier molecular flexibility index (Phi) is 4.87. The average molecular weight is 326 g/mol. The molecule has 0 bridgehead atoms. The highest BCUT2D eigenvalue weighted by Crippen LogP contribution is 2.25. The summed E-state index contributed by atoms with van der Waals surface area (Å²) in [5, 5.41) is 11.7. The molecule has 0 aliphatic carbocycles. The lowest BCUT2D eigenvalue weighted by Crippen LogP contribution is -2.35. The van der Waals surface area contributed by atoms with Crippen molar-refractivity contribution in [2.75, 3.05) is 31.1 Å². The second-order valence-electron chi connectivity index (χ2n) is 4.76. The Labute approximate surface area is 132 Å². The van der Waals surface area contributed by atoms with Gasteiger partial charge in [-0.3, -0.25) is 14.5 Å². The number of nitrogens with one attached hydrogen (secondary N) is 1. The summed E-state index contributed by atoms with van der Waals surface area (Å²) in [6, 6.07) is 4.46. The van der Waals surface area contributed by atoms with Crippen LogP contribution in [0.4, 0.5) is 10.5 Å². The molecular formula is C14H16ClN3O4. The molecule has 3 amide bonds. The van der Waals surface area contributed by atoms with Gasteiger partial charge in [-0.2, -0.15) is 0 Å². The number of anilines is 1. The number of aliphatic carboxylic acids is 1. The summed E-state index contributed by atoms with van der Waals surface area (Å²) in [7, 11) is 0. The summed E-state index contributed by atoms with van der Waals surface area (Å²) >= 11 is 6.06. The SMILES string of the molecule is CCN(CC(=O)O)C(=O)c1cc(N2CCNC2=O)ccc1Cl. The van der Waals surface area contributed by atoms with Gasteiger partial charge in [0.1, 0.15) is 6.54 Å². The molecule has 7 nitrogen and oxygen atoms in total. The number of hydrogen-bond acceptors (Lipinski definition) is 3. The van der Waals surface area contributed by atoms with Gasteiger partial charge >= 0.3 is 12.0 Å². The van der Waals surface area contributed by atoms with E-state index in [1.165, 1.54) is 21.9 Å². The van der Waals surface area contributed by atoms with Gasteiger partial charge < -0.3 is 15.3 Å². The van der Waals surface area contributed by atoms with Gasteiger partial charge in [0.25, 0.3) is 5.91 Å².